The van der Waals surface area contributed by atoms with Gasteiger partial charge >= 0.3 is 0 Å². The summed E-state index contributed by atoms with van der Waals surface area (Å²) in [6, 6.07) is 6.82. The minimum absolute atomic E-state index is 0.251. The molecule has 2 aromatic heterocycles. The van der Waals surface area contributed by atoms with Gasteiger partial charge in [0.25, 0.3) is 0 Å². The molecule has 1 aromatic carbocycles. The topological polar surface area (TPSA) is 54.7 Å². The van der Waals surface area contributed by atoms with Crippen LogP contribution in [-0.4, -0.2) is 9.97 Å². The minimum Gasteiger partial charge on any atom is -0.384 e. The van der Waals surface area contributed by atoms with Gasteiger partial charge in [-0.2, -0.15) is 0 Å². The molecule has 0 unspecified atom stereocenters. The van der Waals surface area contributed by atoms with Gasteiger partial charge in [-0.3, -0.25) is 0 Å². The zero-order chi connectivity index (χ0) is 12.0. The number of nitrogens with one attached hydrogen (secondary N) is 1. The number of hydrogen-bond acceptors (Lipinski definition) is 2. The molecule has 0 atom stereocenters. The van der Waals surface area contributed by atoms with Crippen molar-refractivity contribution in [1.29, 1.82) is 0 Å². The highest BCUT2D eigenvalue weighted by atomic mass is 19.1. The van der Waals surface area contributed by atoms with E-state index in [0.717, 1.165) is 28.4 Å². The van der Waals surface area contributed by atoms with E-state index < -0.39 is 0 Å². The molecule has 0 aliphatic heterocycles. The predicted octanol–water partition coefficient (Wildman–Crippen LogP) is 3.00. The first-order valence-electron chi connectivity index (χ1n) is 5.56. The van der Waals surface area contributed by atoms with Crippen LogP contribution in [0, 0.1) is 5.82 Å². The van der Waals surface area contributed by atoms with E-state index in [1.54, 1.807) is 12.1 Å². The number of aromatic nitrogens is 2. The molecule has 0 saturated heterocycles. The Hall–Kier alpha value is -2.10. The lowest BCUT2D eigenvalue weighted by Crippen LogP contribution is -1.95. The van der Waals surface area contributed by atoms with Crippen LogP contribution in [0.3, 0.4) is 0 Å². The third kappa shape index (κ3) is 1.37. The Bertz CT molecular complexity index is 715. The van der Waals surface area contributed by atoms with Crippen LogP contribution >= 0.6 is 0 Å². The lowest BCUT2D eigenvalue weighted by molar-refractivity contribution is 0.637. The molecule has 17 heavy (non-hydrogen) atoms. The average Bonchev–Trinajstić information content (AvgIpc) is 2.68. The van der Waals surface area contributed by atoms with Crippen LogP contribution in [0.4, 0.5) is 10.2 Å². The molecular weight excluding hydrogens is 217 g/mol. The quantitative estimate of drug-likeness (QED) is 0.674. The smallest absolute Gasteiger partial charge is 0.147 e. The summed E-state index contributed by atoms with van der Waals surface area (Å²) < 4.78 is 13.7. The van der Waals surface area contributed by atoms with E-state index in [-0.39, 0.29) is 5.82 Å². The first kappa shape index (κ1) is 10.1. The lowest BCUT2D eigenvalue weighted by atomic mass is 10.1. The van der Waals surface area contributed by atoms with E-state index in [9.17, 15) is 4.39 Å². The van der Waals surface area contributed by atoms with E-state index in [1.807, 2.05) is 13.0 Å². The third-order valence-corrected chi connectivity index (χ3v) is 3.00. The maximum atomic E-state index is 13.7. The molecule has 3 rings (SSSR count). The molecule has 0 spiro atoms. The molecule has 2 heterocycles. The molecule has 86 valence electrons. The third-order valence-electron chi connectivity index (χ3n) is 3.00. The minimum atomic E-state index is -0.251. The van der Waals surface area contributed by atoms with Crippen LogP contribution in [0.15, 0.2) is 24.3 Å². The van der Waals surface area contributed by atoms with Crippen LogP contribution < -0.4 is 5.73 Å². The van der Waals surface area contributed by atoms with Crippen molar-refractivity contribution < 1.29 is 4.39 Å². The number of para-hydroxylation sites is 1. The maximum absolute atomic E-state index is 13.7. The van der Waals surface area contributed by atoms with Crippen LogP contribution in [0.2, 0.25) is 0 Å². The highest BCUT2D eigenvalue weighted by Crippen LogP contribution is 2.29. The number of rotatable bonds is 1. The lowest BCUT2D eigenvalue weighted by Gasteiger charge is -2.00. The van der Waals surface area contributed by atoms with Gasteiger partial charge in [-0.05, 0) is 18.6 Å². The van der Waals surface area contributed by atoms with Gasteiger partial charge in [-0.15, -0.1) is 0 Å². The number of anilines is 1. The van der Waals surface area contributed by atoms with Gasteiger partial charge in [-0.25, -0.2) is 9.37 Å². The summed E-state index contributed by atoms with van der Waals surface area (Å²) >= 11 is 0. The number of halogens is 1. The van der Waals surface area contributed by atoms with E-state index >= 15 is 0 Å². The van der Waals surface area contributed by atoms with Crippen molar-refractivity contribution in [3.63, 3.8) is 0 Å². The Morgan fingerprint density at radius 3 is 2.88 bits per heavy atom. The molecule has 0 radical (unpaired) electrons. The number of hydrogen-bond donors (Lipinski definition) is 2. The molecule has 0 fully saturated rings. The summed E-state index contributed by atoms with van der Waals surface area (Å²) in [5.41, 5.74) is 8.04. The molecule has 0 bridgehead atoms. The monoisotopic (exact) mass is 229 g/mol. The normalized spacial score (nSPS) is 11.4. The van der Waals surface area contributed by atoms with Crippen LogP contribution in [0.5, 0.6) is 0 Å². The number of H-pyrrole nitrogens is 1. The summed E-state index contributed by atoms with van der Waals surface area (Å²) in [7, 11) is 0. The van der Waals surface area contributed by atoms with E-state index in [2.05, 4.69) is 9.97 Å². The zero-order valence-electron chi connectivity index (χ0n) is 9.42. The molecule has 0 aliphatic carbocycles. The Morgan fingerprint density at radius 2 is 2.12 bits per heavy atom. The van der Waals surface area contributed by atoms with Crippen molar-refractivity contribution in [2.45, 2.75) is 13.3 Å². The Morgan fingerprint density at radius 1 is 1.29 bits per heavy atom. The Balaban J connectivity index is 2.55. The molecule has 0 saturated carbocycles. The predicted molar refractivity (Wildman–Crippen MR) is 67.3 cm³/mol. The van der Waals surface area contributed by atoms with Gasteiger partial charge < -0.3 is 10.7 Å². The summed E-state index contributed by atoms with van der Waals surface area (Å²) in [6.45, 7) is 2.00. The van der Waals surface area contributed by atoms with Crippen molar-refractivity contribution >= 4 is 27.6 Å². The number of nitrogens with two attached hydrogens (primary N) is 1. The molecule has 3 N–H and O–H groups in total. The van der Waals surface area contributed by atoms with Crippen molar-refractivity contribution in [2.75, 3.05) is 5.73 Å². The highest BCUT2D eigenvalue weighted by Gasteiger charge is 2.11. The van der Waals surface area contributed by atoms with E-state index in [0.29, 0.717) is 11.3 Å². The molecule has 4 heteroatoms. The fourth-order valence-electron chi connectivity index (χ4n) is 2.23. The molecule has 0 amide bonds. The number of nitrogen functional groups attached to an aromatic ring is 1. The van der Waals surface area contributed by atoms with Crippen LogP contribution in [0.1, 0.15) is 12.6 Å². The standard InChI is InChI=1S/C13H12FN3/c1-2-10-13-8(6-11(15)16-10)7-4-3-5-9(14)12(7)17-13/h3-6,17H,2H2,1H3,(H2,15,16). The summed E-state index contributed by atoms with van der Waals surface area (Å²) in [5.74, 6) is 0.221. The highest BCUT2D eigenvalue weighted by molar-refractivity contribution is 6.08. The van der Waals surface area contributed by atoms with Crippen LogP contribution in [0.25, 0.3) is 21.8 Å². The van der Waals surface area contributed by atoms with Gasteiger partial charge in [0.1, 0.15) is 11.6 Å². The van der Waals surface area contributed by atoms with Gasteiger partial charge in [-0.1, -0.05) is 19.1 Å². The number of aryl methyl sites for hydroxylation is 1. The van der Waals surface area contributed by atoms with Crippen molar-refractivity contribution in [3.05, 3.63) is 35.8 Å². The SMILES string of the molecule is CCc1nc(N)cc2c1[nH]c1c(F)cccc12. The first-order valence-corrected chi connectivity index (χ1v) is 5.56. The molecule has 3 aromatic rings. The first-order chi connectivity index (χ1) is 8.20. The fourth-order valence-corrected chi connectivity index (χ4v) is 2.23. The molecule has 0 aliphatic rings. The van der Waals surface area contributed by atoms with E-state index in [1.165, 1.54) is 6.07 Å². The summed E-state index contributed by atoms with van der Waals surface area (Å²) in [4.78, 5) is 7.37. The van der Waals surface area contributed by atoms with Gasteiger partial charge in [0, 0.05) is 10.8 Å². The van der Waals surface area contributed by atoms with Crippen molar-refractivity contribution in [2.24, 2.45) is 0 Å². The number of pyridine rings is 1. The second kappa shape index (κ2) is 3.45. The Labute approximate surface area is 97.5 Å². The van der Waals surface area contributed by atoms with Gasteiger partial charge in [0.2, 0.25) is 0 Å². The largest absolute Gasteiger partial charge is 0.384 e. The maximum Gasteiger partial charge on any atom is 0.147 e. The number of nitrogens with zero attached hydrogens (tertiary/aromatic N) is 1. The number of benzene rings is 1. The number of aromatic amines is 1. The molecule has 3 nitrogen and oxygen atoms in total. The zero-order valence-corrected chi connectivity index (χ0v) is 9.42. The Kier molecular flexibility index (Phi) is 2.04. The second-order valence-corrected chi connectivity index (χ2v) is 4.06. The summed E-state index contributed by atoms with van der Waals surface area (Å²) in [5, 5.41) is 1.78. The van der Waals surface area contributed by atoms with Crippen molar-refractivity contribution in [1.82, 2.24) is 9.97 Å². The fraction of sp³-hybridized carbons (Fsp3) is 0.154. The van der Waals surface area contributed by atoms with Crippen LogP contribution in [-0.2, 0) is 6.42 Å². The number of fused-ring (bicyclic) bond motifs is 3. The van der Waals surface area contributed by atoms with Gasteiger partial charge in [0.15, 0.2) is 0 Å². The molecular formula is C13H12FN3. The van der Waals surface area contributed by atoms with Gasteiger partial charge in [0.05, 0.1) is 16.7 Å². The summed E-state index contributed by atoms with van der Waals surface area (Å²) in [6.07, 6.45) is 0.760. The average molecular weight is 229 g/mol. The van der Waals surface area contributed by atoms with Crippen molar-refractivity contribution in [3.8, 4) is 0 Å². The second-order valence-electron chi connectivity index (χ2n) is 4.06. The van der Waals surface area contributed by atoms with E-state index in [4.69, 9.17) is 5.73 Å².